The highest BCUT2D eigenvalue weighted by Crippen LogP contribution is 2.26. The molecule has 18 heavy (non-hydrogen) atoms. The molecule has 0 aromatic heterocycles. The minimum atomic E-state index is 0.224. The van der Waals surface area contributed by atoms with Crippen molar-refractivity contribution in [2.24, 2.45) is 0 Å². The molecule has 0 bridgehead atoms. The van der Waals surface area contributed by atoms with E-state index in [4.69, 9.17) is 15.9 Å². The van der Waals surface area contributed by atoms with E-state index in [9.17, 15) is 5.11 Å². The van der Waals surface area contributed by atoms with Gasteiger partial charge in [-0.25, -0.2) is 0 Å². The Morgan fingerprint density at radius 3 is 2.61 bits per heavy atom. The second kappa shape index (κ2) is 5.23. The average molecular weight is 242 g/mol. The molecular formula is C14H14N2O2. The molecule has 1 aromatic rings. The number of benzene rings is 1. The van der Waals surface area contributed by atoms with Gasteiger partial charge in [-0.3, -0.25) is 0 Å². The lowest BCUT2D eigenvalue weighted by Crippen LogP contribution is -1.99. The monoisotopic (exact) mass is 242 g/mol. The zero-order valence-corrected chi connectivity index (χ0v) is 9.76. The van der Waals surface area contributed by atoms with Gasteiger partial charge in [0, 0.05) is 17.5 Å². The topological polar surface area (TPSA) is 79.3 Å². The molecule has 92 valence electrons. The predicted octanol–water partition coefficient (Wildman–Crippen LogP) is 2.95. The number of anilines is 1. The van der Waals surface area contributed by atoms with Gasteiger partial charge in [0.1, 0.15) is 17.3 Å². The van der Waals surface area contributed by atoms with Crippen LogP contribution in [0.3, 0.4) is 0 Å². The lowest BCUT2D eigenvalue weighted by atomic mass is 10.2. The lowest BCUT2D eigenvalue weighted by molar-refractivity contribution is 0.429. The summed E-state index contributed by atoms with van der Waals surface area (Å²) in [6, 6.07) is 7.01. The Kier molecular flexibility index (Phi) is 3.48. The molecule has 1 aromatic carbocycles. The number of rotatable bonds is 4. The van der Waals surface area contributed by atoms with Gasteiger partial charge in [-0.05, 0) is 48.9 Å². The van der Waals surface area contributed by atoms with Crippen LogP contribution in [0.5, 0.6) is 5.75 Å². The van der Waals surface area contributed by atoms with Crippen molar-refractivity contribution in [3.8, 4) is 5.75 Å². The first-order valence-corrected chi connectivity index (χ1v) is 5.53. The summed E-state index contributed by atoms with van der Waals surface area (Å²) in [5, 5.41) is 16.5. The Hall–Kier alpha value is -2.49. The van der Waals surface area contributed by atoms with E-state index in [1.54, 1.807) is 42.5 Å². The van der Waals surface area contributed by atoms with Crippen LogP contribution >= 0.6 is 0 Å². The second-order valence-electron chi connectivity index (χ2n) is 3.87. The van der Waals surface area contributed by atoms with Crippen molar-refractivity contribution in [1.82, 2.24) is 0 Å². The molecular weight excluding hydrogens is 228 g/mol. The highest BCUT2D eigenvalue weighted by Gasteiger charge is 2.12. The number of aliphatic hydroxyl groups is 1. The number of nitrogens with one attached hydrogen (secondary N) is 1. The van der Waals surface area contributed by atoms with Crippen LogP contribution in [0, 0.1) is 5.41 Å². The fourth-order valence-corrected chi connectivity index (χ4v) is 1.63. The van der Waals surface area contributed by atoms with Crippen LogP contribution < -0.4 is 10.5 Å². The van der Waals surface area contributed by atoms with Gasteiger partial charge in [-0.2, -0.15) is 0 Å². The van der Waals surface area contributed by atoms with E-state index in [1.807, 2.05) is 0 Å². The van der Waals surface area contributed by atoms with Crippen LogP contribution in [-0.2, 0) is 0 Å². The van der Waals surface area contributed by atoms with Crippen LogP contribution in [0.4, 0.5) is 5.69 Å². The number of aliphatic hydroxyl groups excluding tert-OH is 1. The van der Waals surface area contributed by atoms with Gasteiger partial charge in [0.25, 0.3) is 0 Å². The molecule has 4 heteroatoms. The Morgan fingerprint density at radius 1 is 1.33 bits per heavy atom. The van der Waals surface area contributed by atoms with E-state index in [2.05, 4.69) is 0 Å². The minimum Gasteiger partial charge on any atom is -0.508 e. The number of nitrogen functional groups attached to an aromatic ring is 1. The molecule has 4 nitrogen and oxygen atoms in total. The van der Waals surface area contributed by atoms with E-state index >= 15 is 0 Å². The highest BCUT2D eigenvalue weighted by atomic mass is 16.5. The Balaban J connectivity index is 2.18. The Bertz CT molecular complexity index is 539. The third-order valence-electron chi connectivity index (χ3n) is 2.51. The van der Waals surface area contributed by atoms with Crippen molar-refractivity contribution in [3.05, 3.63) is 59.6 Å². The van der Waals surface area contributed by atoms with E-state index in [0.29, 0.717) is 23.6 Å². The van der Waals surface area contributed by atoms with Gasteiger partial charge in [-0.1, -0.05) is 0 Å². The summed E-state index contributed by atoms with van der Waals surface area (Å²) < 4.78 is 5.68. The largest absolute Gasteiger partial charge is 0.508 e. The molecule has 0 heterocycles. The Labute approximate surface area is 105 Å². The fourth-order valence-electron chi connectivity index (χ4n) is 1.63. The van der Waals surface area contributed by atoms with Crippen LogP contribution in [0.25, 0.3) is 0 Å². The Morgan fingerprint density at radius 2 is 2.06 bits per heavy atom. The summed E-state index contributed by atoms with van der Waals surface area (Å²) in [5.41, 5.74) is 7.10. The van der Waals surface area contributed by atoms with Gasteiger partial charge in [0.2, 0.25) is 0 Å². The van der Waals surface area contributed by atoms with Crippen LogP contribution in [-0.4, -0.2) is 11.3 Å². The van der Waals surface area contributed by atoms with E-state index in [-0.39, 0.29) is 5.76 Å². The first-order chi connectivity index (χ1) is 8.69. The molecule has 0 radical (unpaired) electrons. The van der Waals surface area contributed by atoms with Gasteiger partial charge in [0.15, 0.2) is 0 Å². The van der Waals surface area contributed by atoms with E-state index in [1.165, 1.54) is 0 Å². The van der Waals surface area contributed by atoms with Crippen LogP contribution in [0.1, 0.15) is 6.42 Å². The maximum absolute atomic E-state index is 9.35. The SMILES string of the molecule is N=C/C=C(/Oc1ccc(N)cc1)C1=CC(O)=CC1. The van der Waals surface area contributed by atoms with Crippen molar-refractivity contribution in [1.29, 1.82) is 5.41 Å². The molecule has 2 rings (SSSR count). The van der Waals surface area contributed by atoms with Crippen molar-refractivity contribution in [2.45, 2.75) is 6.42 Å². The van der Waals surface area contributed by atoms with Crippen molar-refractivity contribution in [2.75, 3.05) is 5.73 Å². The zero-order chi connectivity index (χ0) is 13.0. The molecule has 0 unspecified atom stereocenters. The summed E-state index contributed by atoms with van der Waals surface area (Å²) in [6.45, 7) is 0. The van der Waals surface area contributed by atoms with Crippen molar-refractivity contribution < 1.29 is 9.84 Å². The van der Waals surface area contributed by atoms with Crippen molar-refractivity contribution in [3.63, 3.8) is 0 Å². The molecule has 0 amide bonds. The maximum atomic E-state index is 9.35. The van der Waals surface area contributed by atoms with Gasteiger partial charge in [-0.15, -0.1) is 0 Å². The summed E-state index contributed by atoms with van der Waals surface area (Å²) in [6.07, 6.45) is 6.63. The smallest absolute Gasteiger partial charge is 0.132 e. The first-order valence-electron chi connectivity index (χ1n) is 5.53. The molecule has 0 saturated heterocycles. The molecule has 0 spiro atoms. The van der Waals surface area contributed by atoms with Gasteiger partial charge < -0.3 is 21.0 Å². The third-order valence-corrected chi connectivity index (χ3v) is 2.51. The third kappa shape index (κ3) is 2.79. The number of nitrogens with two attached hydrogens (primary N) is 1. The molecule has 0 atom stereocenters. The molecule has 0 aliphatic heterocycles. The minimum absolute atomic E-state index is 0.224. The normalized spacial score (nSPS) is 15.0. The molecule has 0 saturated carbocycles. The van der Waals surface area contributed by atoms with Gasteiger partial charge >= 0.3 is 0 Å². The number of hydrogen-bond donors (Lipinski definition) is 3. The second-order valence-corrected chi connectivity index (χ2v) is 3.87. The predicted molar refractivity (Wildman–Crippen MR) is 71.8 cm³/mol. The number of hydrogen-bond acceptors (Lipinski definition) is 4. The lowest BCUT2D eigenvalue weighted by Gasteiger charge is -2.10. The molecule has 4 N–H and O–H groups in total. The average Bonchev–Trinajstić information content (AvgIpc) is 2.78. The highest BCUT2D eigenvalue weighted by molar-refractivity contribution is 5.70. The van der Waals surface area contributed by atoms with E-state index < -0.39 is 0 Å². The van der Waals surface area contributed by atoms with Gasteiger partial charge in [0.05, 0.1) is 0 Å². The van der Waals surface area contributed by atoms with Crippen LogP contribution in [0.15, 0.2) is 59.6 Å². The molecule has 0 fully saturated rings. The summed E-state index contributed by atoms with van der Waals surface area (Å²) in [7, 11) is 0. The summed E-state index contributed by atoms with van der Waals surface area (Å²) in [5.74, 6) is 1.42. The summed E-state index contributed by atoms with van der Waals surface area (Å²) >= 11 is 0. The fraction of sp³-hybridized carbons (Fsp3) is 0.0714. The van der Waals surface area contributed by atoms with Crippen LogP contribution in [0.2, 0.25) is 0 Å². The number of ether oxygens (including phenoxy) is 1. The molecule has 1 aliphatic rings. The van der Waals surface area contributed by atoms with Crippen molar-refractivity contribution >= 4 is 11.9 Å². The maximum Gasteiger partial charge on any atom is 0.132 e. The number of allylic oxidation sites excluding steroid dienone is 4. The molecule has 1 aliphatic carbocycles. The van der Waals surface area contributed by atoms with E-state index in [0.717, 1.165) is 11.8 Å². The first kappa shape index (κ1) is 12.0. The standard InChI is InChI=1S/C14H14N2O2/c15-8-7-14(10-1-4-12(17)9-10)18-13-5-2-11(16)3-6-13/h2-9,15,17H,1,16H2/b14-7+,15-8?. The quantitative estimate of drug-likeness (QED) is 0.431. The zero-order valence-electron chi connectivity index (χ0n) is 9.76. The summed E-state index contributed by atoms with van der Waals surface area (Å²) in [4.78, 5) is 0.